The molecule has 100 valence electrons. The second-order valence-corrected chi connectivity index (χ2v) is 3.96. The first-order valence-corrected chi connectivity index (χ1v) is 5.40. The zero-order valence-corrected chi connectivity index (χ0v) is 12.4. The normalized spacial score (nSPS) is 24.4. The van der Waals surface area contributed by atoms with Gasteiger partial charge < -0.3 is 30.4 Å². The molecule has 0 aromatic rings. The number of carbonyl (C=O) groups is 4. The molecule has 0 spiro atoms. The minimum atomic E-state index is -1.19. The van der Waals surface area contributed by atoms with Gasteiger partial charge >= 0.3 is 29.6 Å². The third-order valence-corrected chi connectivity index (χ3v) is 2.56. The molecule has 2 fully saturated rings. The standard InChI is InChI=1S/2C5H7NO3.Na/c2*7-4-2-1-3(6-4)5(8)9;/h2*3H,1-2H2,(H,6,7)(H,8,9);/q;;+1/p-2/t2*3-;/m10./s1. The second kappa shape index (κ2) is 8.13. The number of nitrogens with one attached hydrogen (secondary N) is 2. The Bertz CT molecular complexity index is 350. The van der Waals surface area contributed by atoms with Crippen molar-refractivity contribution in [2.24, 2.45) is 0 Å². The average Bonchev–Trinajstić information content (AvgIpc) is 2.88. The van der Waals surface area contributed by atoms with E-state index in [0.29, 0.717) is 25.7 Å². The van der Waals surface area contributed by atoms with Crippen molar-refractivity contribution in [2.45, 2.75) is 37.8 Å². The van der Waals surface area contributed by atoms with E-state index in [1.54, 1.807) is 0 Å². The summed E-state index contributed by atoms with van der Waals surface area (Å²) in [4.78, 5) is 40.8. The van der Waals surface area contributed by atoms with Crippen molar-refractivity contribution in [3.63, 3.8) is 0 Å². The minimum absolute atomic E-state index is 0. The van der Waals surface area contributed by atoms with Crippen LogP contribution in [0.15, 0.2) is 0 Å². The van der Waals surface area contributed by atoms with Gasteiger partial charge in [0.05, 0.1) is 24.0 Å². The molecule has 2 aliphatic rings. The number of carboxylic acids is 2. The van der Waals surface area contributed by atoms with Crippen LogP contribution in [0.1, 0.15) is 25.7 Å². The molecule has 0 saturated carbocycles. The number of carbonyl (C=O) groups excluding carboxylic acids is 4. The molecule has 0 unspecified atom stereocenters. The Kier molecular flexibility index (Phi) is 7.65. The maximum absolute atomic E-state index is 10.4. The van der Waals surface area contributed by atoms with Crippen molar-refractivity contribution >= 4 is 23.8 Å². The van der Waals surface area contributed by atoms with E-state index in [-0.39, 0.29) is 41.4 Å². The Morgan fingerprint density at radius 1 is 0.895 bits per heavy atom. The summed E-state index contributed by atoms with van der Waals surface area (Å²) in [6, 6.07) is -1.50. The smallest absolute Gasteiger partial charge is 0.548 e. The zero-order chi connectivity index (χ0) is 13.7. The fraction of sp³-hybridized carbons (Fsp3) is 0.600. The van der Waals surface area contributed by atoms with E-state index in [9.17, 15) is 29.4 Å². The van der Waals surface area contributed by atoms with Gasteiger partial charge in [0, 0.05) is 12.8 Å². The molecule has 0 bridgehead atoms. The van der Waals surface area contributed by atoms with Crippen molar-refractivity contribution in [1.29, 1.82) is 0 Å². The van der Waals surface area contributed by atoms with Crippen molar-refractivity contribution in [3.8, 4) is 0 Å². The molecule has 2 N–H and O–H groups in total. The molecule has 2 heterocycles. The van der Waals surface area contributed by atoms with Crippen molar-refractivity contribution < 1.29 is 58.9 Å². The Morgan fingerprint density at radius 2 is 1.21 bits per heavy atom. The summed E-state index contributed by atoms with van der Waals surface area (Å²) in [7, 11) is 0. The maximum atomic E-state index is 10.4. The molecule has 2 atom stereocenters. The predicted molar refractivity (Wildman–Crippen MR) is 52.3 cm³/mol. The van der Waals surface area contributed by atoms with E-state index < -0.39 is 24.0 Å². The van der Waals surface area contributed by atoms with Crippen LogP contribution in [0.4, 0.5) is 0 Å². The predicted octanol–water partition coefficient (Wildman–Crippen LogP) is -6.97. The van der Waals surface area contributed by atoms with Gasteiger partial charge in [-0.2, -0.15) is 0 Å². The van der Waals surface area contributed by atoms with E-state index in [0.717, 1.165) is 0 Å². The molecule has 2 amide bonds. The van der Waals surface area contributed by atoms with Crippen LogP contribution in [0.3, 0.4) is 0 Å². The van der Waals surface area contributed by atoms with Crippen molar-refractivity contribution in [1.82, 2.24) is 10.6 Å². The molecule has 0 radical (unpaired) electrons. The van der Waals surface area contributed by atoms with Crippen LogP contribution >= 0.6 is 0 Å². The summed E-state index contributed by atoms with van der Waals surface area (Å²) in [6.07, 6.45) is 1.33. The number of hydrogen-bond acceptors (Lipinski definition) is 6. The zero-order valence-electron chi connectivity index (χ0n) is 10.4. The molecule has 8 nitrogen and oxygen atoms in total. The monoisotopic (exact) mass is 279 g/mol. The third-order valence-electron chi connectivity index (χ3n) is 2.56. The van der Waals surface area contributed by atoms with Gasteiger partial charge in [0.15, 0.2) is 0 Å². The molecular weight excluding hydrogens is 267 g/mol. The average molecular weight is 279 g/mol. The summed E-state index contributed by atoms with van der Waals surface area (Å²) >= 11 is 0. The van der Waals surface area contributed by atoms with E-state index in [1.807, 2.05) is 0 Å². The number of aliphatic carboxylic acids is 2. The van der Waals surface area contributed by atoms with Crippen LogP contribution in [0.25, 0.3) is 0 Å². The number of rotatable bonds is 2. The largest absolute Gasteiger partial charge is 1.00 e. The van der Waals surface area contributed by atoms with E-state index >= 15 is 0 Å². The Labute approximate surface area is 131 Å². The van der Waals surface area contributed by atoms with Crippen LogP contribution < -0.4 is 50.4 Å². The summed E-state index contributed by atoms with van der Waals surface area (Å²) in [5.41, 5.74) is 0. The van der Waals surface area contributed by atoms with Crippen LogP contribution in [0, 0.1) is 0 Å². The first-order valence-electron chi connectivity index (χ1n) is 5.40. The first-order chi connectivity index (χ1) is 8.40. The van der Waals surface area contributed by atoms with E-state index in [2.05, 4.69) is 10.6 Å². The molecular formula is C10H12N2NaO6-. The number of amides is 2. The molecule has 9 heteroatoms. The van der Waals surface area contributed by atoms with Gasteiger partial charge in [0.1, 0.15) is 0 Å². The van der Waals surface area contributed by atoms with Crippen molar-refractivity contribution in [2.75, 3.05) is 0 Å². The third kappa shape index (κ3) is 6.04. The SMILES string of the molecule is O=C1CC[C@@H](C(=O)[O-])N1.O=C1CC[C@H](C(=O)[O-])N1.[Na+]. The fourth-order valence-electron chi connectivity index (χ4n) is 1.58. The summed E-state index contributed by atoms with van der Waals surface area (Å²) < 4.78 is 0. The van der Waals surface area contributed by atoms with Gasteiger partial charge in [-0.25, -0.2) is 0 Å². The molecule has 2 saturated heterocycles. The molecule has 19 heavy (non-hydrogen) atoms. The van der Waals surface area contributed by atoms with Gasteiger partial charge in [-0.05, 0) is 12.8 Å². The fourth-order valence-corrected chi connectivity index (χ4v) is 1.58. The van der Waals surface area contributed by atoms with Gasteiger partial charge in [-0.15, -0.1) is 0 Å². The van der Waals surface area contributed by atoms with Gasteiger partial charge in [0.2, 0.25) is 11.8 Å². The summed E-state index contributed by atoms with van der Waals surface area (Å²) in [6.45, 7) is 0. The van der Waals surface area contributed by atoms with Crippen molar-refractivity contribution in [3.05, 3.63) is 0 Å². The molecule has 0 aromatic carbocycles. The molecule has 0 aromatic heterocycles. The Balaban J connectivity index is 0.000000324. The first kappa shape index (κ1) is 17.9. The van der Waals surface area contributed by atoms with E-state index in [1.165, 1.54) is 0 Å². The van der Waals surface area contributed by atoms with Crippen LogP contribution in [-0.4, -0.2) is 35.8 Å². The maximum Gasteiger partial charge on any atom is 1.00 e. The van der Waals surface area contributed by atoms with E-state index in [4.69, 9.17) is 0 Å². The number of carboxylic acid groups (broad SMARTS) is 2. The molecule has 0 aliphatic carbocycles. The summed E-state index contributed by atoms with van der Waals surface area (Å²) in [5, 5.41) is 24.5. The Hall–Kier alpha value is -1.12. The second-order valence-electron chi connectivity index (χ2n) is 3.96. The Morgan fingerprint density at radius 3 is 1.32 bits per heavy atom. The topological polar surface area (TPSA) is 138 Å². The van der Waals surface area contributed by atoms with Gasteiger partial charge in [-0.1, -0.05) is 0 Å². The van der Waals surface area contributed by atoms with Crippen LogP contribution in [0.2, 0.25) is 0 Å². The van der Waals surface area contributed by atoms with Crippen LogP contribution in [0.5, 0.6) is 0 Å². The van der Waals surface area contributed by atoms with Gasteiger partial charge in [0.25, 0.3) is 0 Å². The molecule has 2 aliphatic heterocycles. The minimum Gasteiger partial charge on any atom is -0.548 e. The number of hydrogen-bond donors (Lipinski definition) is 2. The van der Waals surface area contributed by atoms with Crippen LogP contribution in [-0.2, 0) is 19.2 Å². The quantitative estimate of drug-likeness (QED) is 0.482. The molecule has 2 rings (SSSR count). The van der Waals surface area contributed by atoms with Gasteiger partial charge in [-0.3, -0.25) is 9.59 Å². The summed E-state index contributed by atoms with van der Waals surface area (Å²) in [5.74, 6) is -2.80.